The molecule has 1 rings (SSSR count). The van der Waals surface area contributed by atoms with Gasteiger partial charge in [-0.2, -0.15) is 23.5 Å². The molecule has 1 nitrogen and oxygen atoms in total. The topological polar surface area (TPSA) is 20.2 Å². The lowest BCUT2D eigenvalue weighted by atomic mass is 10.0. The fourth-order valence-electron chi connectivity index (χ4n) is 2.72. The first-order valence-corrected chi connectivity index (χ1v) is 10.3. The van der Waals surface area contributed by atoms with Crippen molar-refractivity contribution in [1.29, 1.82) is 0 Å². The molecule has 0 spiro atoms. The van der Waals surface area contributed by atoms with Gasteiger partial charge in [-0.3, -0.25) is 0 Å². The highest BCUT2D eigenvalue weighted by molar-refractivity contribution is 8.07. The van der Waals surface area contributed by atoms with Crippen LogP contribution in [0.5, 0.6) is 0 Å². The van der Waals surface area contributed by atoms with Crippen molar-refractivity contribution in [2.75, 3.05) is 11.5 Å². The monoisotopic (exact) mass is 304 g/mol. The molecule has 1 heterocycles. The van der Waals surface area contributed by atoms with Crippen molar-refractivity contribution in [3.63, 3.8) is 0 Å². The second-order valence-corrected chi connectivity index (χ2v) is 8.51. The molecule has 19 heavy (non-hydrogen) atoms. The summed E-state index contributed by atoms with van der Waals surface area (Å²) in [7, 11) is 0. The van der Waals surface area contributed by atoms with Gasteiger partial charge in [0.1, 0.15) is 0 Å². The Kier molecular flexibility index (Phi) is 10.6. The maximum Gasteiger partial charge on any atom is 0.0669 e. The van der Waals surface area contributed by atoms with Crippen molar-refractivity contribution in [3.8, 4) is 0 Å². The van der Waals surface area contributed by atoms with Crippen LogP contribution in [-0.2, 0) is 0 Å². The van der Waals surface area contributed by atoms with Crippen molar-refractivity contribution in [2.45, 2.75) is 88.2 Å². The van der Waals surface area contributed by atoms with Crippen LogP contribution in [0.1, 0.15) is 71.6 Å². The highest BCUT2D eigenvalue weighted by Crippen LogP contribution is 2.34. The molecule has 1 aliphatic rings. The Bertz CT molecular complexity index is 211. The van der Waals surface area contributed by atoms with Gasteiger partial charge in [-0.25, -0.2) is 0 Å². The Morgan fingerprint density at radius 1 is 0.947 bits per heavy atom. The predicted octanol–water partition coefficient (Wildman–Crippen LogP) is 5.12. The highest BCUT2D eigenvalue weighted by Gasteiger charge is 2.28. The first-order chi connectivity index (χ1) is 9.25. The van der Waals surface area contributed by atoms with Gasteiger partial charge in [0.15, 0.2) is 0 Å². The third-order valence-corrected chi connectivity index (χ3v) is 7.21. The highest BCUT2D eigenvalue weighted by atomic mass is 32.2. The molecule has 1 fully saturated rings. The van der Waals surface area contributed by atoms with Crippen LogP contribution in [0.3, 0.4) is 0 Å². The van der Waals surface area contributed by atoms with Gasteiger partial charge >= 0.3 is 0 Å². The smallest absolute Gasteiger partial charge is 0.0669 e. The lowest BCUT2D eigenvalue weighted by Crippen LogP contribution is -2.34. The van der Waals surface area contributed by atoms with E-state index in [9.17, 15) is 5.11 Å². The minimum absolute atomic E-state index is 0.0760. The van der Waals surface area contributed by atoms with Gasteiger partial charge in [-0.05, 0) is 6.42 Å². The summed E-state index contributed by atoms with van der Waals surface area (Å²) < 4.78 is 0. The molecule has 1 aliphatic heterocycles. The summed E-state index contributed by atoms with van der Waals surface area (Å²) in [6.07, 6.45) is 11.7. The molecular formula is C16H32OS2. The Labute approximate surface area is 128 Å². The van der Waals surface area contributed by atoms with Crippen LogP contribution in [0, 0.1) is 0 Å². The third kappa shape index (κ3) is 7.87. The lowest BCUT2D eigenvalue weighted by Gasteiger charge is -2.31. The van der Waals surface area contributed by atoms with Gasteiger partial charge < -0.3 is 5.11 Å². The molecule has 0 saturated carbocycles. The lowest BCUT2D eigenvalue weighted by molar-refractivity contribution is 0.157. The van der Waals surface area contributed by atoms with Crippen LogP contribution in [-0.4, -0.2) is 33.2 Å². The van der Waals surface area contributed by atoms with Crippen molar-refractivity contribution in [1.82, 2.24) is 0 Å². The number of unbranched alkanes of at least 4 members (excludes halogenated alkanes) is 7. The zero-order valence-electron chi connectivity index (χ0n) is 12.8. The van der Waals surface area contributed by atoms with E-state index in [2.05, 4.69) is 13.8 Å². The normalized spacial score (nSPS) is 25.4. The number of thioether (sulfide) groups is 2. The van der Waals surface area contributed by atoms with Crippen molar-refractivity contribution < 1.29 is 5.11 Å². The standard InChI is InChI=1S/C16H32OS2/c1-3-4-5-6-7-8-9-10-11-15(17)16-14(2)18-12-13-19-16/h14-17H,3-13H2,1-2H3. The fourth-order valence-corrected chi connectivity index (χ4v) is 5.61. The predicted molar refractivity (Wildman–Crippen MR) is 91.4 cm³/mol. The van der Waals surface area contributed by atoms with E-state index >= 15 is 0 Å². The van der Waals surface area contributed by atoms with E-state index in [1.54, 1.807) is 0 Å². The maximum atomic E-state index is 10.3. The van der Waals surface area contributed by atoms with Gasteiger partial charge in [0.05, 0.1) is 6.10 Å². The molecule has 0 radical (unpaired) electrons. The van der Waals surface area contributed by atoms with Crippen LogP contribution in [0.25, 0.3) is 0 Å². The fraction of sp³-hybridized carbons (Fsp3) is 1.00. The van der Waals surface area contributed by atoms with Crippen molar-refractivity contribution in [2.24, 2.45) is 0 Å². The first kappa shape index (κ1) is 17.7. The van der Waals surface area contributed by atoms with Gasteiger partial charge in [0.25, 0.3) is 0 Å². The zero-order valence-corrected chi connectivity index (χ0v) is 14.4. The molecule has 1 N–H and O–H groups in total. The summed E-state index contributed by atoms with van der Waals surface area (Å²) in [5, 5.41) is 11.4. The second kappa shape index (κ2) is 11.3. The average molecular weight is 305 g/mol. The van der Waals surface area contributed by atoms with Gasteiger partial charge in [0, 0.05) is 22.0 Å². The molecule has 0 bridgehead atoms. The van der Waals surface area contributed by atoms with Gasteiger partial charge in [-0.1, -0.05) is 65.2 Å². The van der Waals surface area contributed by atoms with E-state index in [1.807, 2.05) is 23.5 Å². The van der Waals surface area contributed by atoms with Crippen LogP contribution >= 0.6 is 23.5 Å². The SMILES string of the molecule is CCCCCCCCCCC(O)C1SCCSC1C. The summed E-state index contributed by atoms with van der Waals surface area (Å²) in [6.45, 7) is 4.54. The van der Waals surface area contributed by atoms with E-state index in [1.165, 1.54) is 62.9 Å². The molecule has 0 aliphatic carbocycles. The third-order valence-electron chi connectivity index (χ3n) is 3.97. The summed E-state index contributed by atoms with van der Waals surface area (Å²) in [4.78, 5) is 0. The number of hydrogen-bond acceptors (Lipinski definition) is 3. The first-order valence-electron chi connectivity index (χ1n) is 8.17. The van der Waals surface area contributed by atoms with Crippen LogP contribution in [0.2, 0.25) is 0 Å². The van der Waals surface area contributed by atoms with Crippen LogP contribution in [0.4, 0.5) is 0 Å². The molecule has 3 unspecified atom stereocenters. The minimum atomic E-state index is -0.0760. The van der Waals surface area contributed by atoms with Crippen molar-refractivity contribution in [3.05, 3.63) is 0 Å². The quantitative estimate of drug-likeness (QED) is 0.566. The largest absolute Gasteiger partial charge is 0.392 e. The molecule has 0 aromatic heterocycles. The maximum absolute atomic E-state index is 10.3. The van der Waals surface area contributed by atoms with E-state index < -0.39 is 0 Å². The number of aliphatic hydroxyl groups is 1. The molecule has 0 amide bonds. The molecule has 1 saturated heterocycles. The second-order valence-electron chi connectivity index (χ2n) is 5.74. The van der Waals surface area contributed by atoms with E-state index in [4.69, 9.17) is 0 Å². The molecule has 3 atom stereocenters. The average Bonchev–Trinajstić information content (AvgIpc) is 2.42. The molecule has 3 heteroatoms. The van der Waals surface area contributed by atoms with Crippen molar-refractivity contribution >= 4 is 23.5 Å². The van der Waals surface area contributed by atoms with Crippen LogP contribution < -0.4 is 0 Å². The Morgan fingerprint density at radius 2 is 1.53 bits per heavy atom. The Balaban J connectivity index is 1.96. The molecular weight excluding hydrogens is 272 g/mol. The molecule has 0 aromatic carbocycles. The number of rotatable bonds is 10. The summed E-state index contributed by atoms with van der Waals surface area (Å²) in [5.41, 5.74) is 0. The molecule has 0 aromatic rings. The van der Waals surface area contributed by atoms with E-state index in [0.29, 0.717) is 10.5 Å². The summed E-state index contributed by atoms with van der Waals surface area (Å²) in [6, 6.07) is 0. The van der Waals surface area contributed by atoms with E-state index in [0.717, 1.165) is 6.42 Å². The Hall–Kier alpha value is 0.660. The summed E-state index contributed by atoms with van der Waals surface area (Å²) >= 11 is 4.01. The van der Waals surface area contributed by atoms with Gasteiger partial charge in [-0.15, -0.1) is 0 Å². The van der Waals surface area contributed by atoms with Crippen LogP contribution in [0.15, 0.2) is 0 Å². The van der Waals surface area contributed by atoms with E-state index in [-0.39, 0.29) is 6.10 Å². The molecule has 114 valence electrons. The minimum Gasteiger partial charge on any atom is -0.392 e. The number of aliphatic hydroxyl groups excluding tert-OH is 1. The Morgan fingerprint density at radius 3 is 2.16 bits per heavy atom. The van der Waals surface area contributed by atoms with Gasteiger partial charge in [0.2, 0.25) is 0 Å². The number of hydrogen-bond donors (Lipinski definition) is 1. The zero-order chi connectivity index (χ0) is 13.9. The summed E-state index contributed by atoms with van der Waals surface area (Å²) in [5.74, 6) is 2.47.